The average Bonchev–Trinajstić information content (AvgIpc) is 2.39. The summed E-state index contributed by atoms with van der Waals surface area (Å²) in [6.45, 7) is 10.1. The molecule has 1 nitrogen and oxygen atoms in total. The normalized spacial score (nSPS) is 14.6. The van der Waals surface area contributed by atoms with Gasteiger partial charge in [0, 0.05) is 6.04 Å². The van der Waals surface area contributed by atoms with Crippen LogP contribution in [0.25, 0.3) is 0 Å². The molecular weight excluding hydrogens is 206 g/mol. The number of nitrogens with one attached hydrogen (secondary N) is 1. The van der Waals surface area contributed by atoms with Crippen LogP contribution in [-0.4, -0.2) is 12.6 Å². The van der Waals surface area contributed by atoms with Crippen LogP contribution in [-0.2, 0) is 6.42 Å². The summed E-state index contributed by atoms with van der Waals surface area (Å²) in [5.41, 5.74) is 2.88. The van der Waals surface area contributed by atoms with Crippen molar-refractivity contribution < 1.29 is 0 Å². The van der Waals surface area contributed by atoms with Gasteiger partial charge in [0.1, 0.15) is 0 Å². The predicted molar refractivity (Wildman–Crippen MR) is 76.6 cm³/mol. The van der Waals surface area contributed by atoms with Crippen molar-refractivity contribution in [3.8, 4) is 0 Å². The molecule has 1 heteroatoms. The van der Waals surface area contributed by atoms with Gasteiger partial charge in [-0.2, -0.15) is 0 Å². The maximum Gasteiger partial charge on any atom is 0.0130 e. The van der Waals surface area contributed by atoms with Gasteiger partial charge in [0.15, 0.2) is 0 Å². The van der Waals surface area contributed by atoms with E-state index in [0.29, 0.717) is 12.0 Å². The summed E-state index contributed by atoms with van der Waals surface area (Å²) < 4.78 is 0. The quantitative estimate of drug-likeness (QED) is 0.746. The Hall–Kier alpha value is -0.820. The van der Waals surface area contributed by atoms with E-state index >= 15 is 0 Å². The summed E-state index contributed by atoms with van der Waals surface area (Å²) in [6.07, 6.45) is 3.52. The van der Waals surface area contributed by atoms with E-state index in [2.05, 4.69) is 57.3 Å². The van der Waals surface area contributed by atoms with Crippen molar-refractivity contribution in [2.45, 2.75) is 58.9 Å². The van der Waals surface area contributed by atoms with E-state index in [1.54, 1.807) is 0 Å². The molecule has 96 valence electrons. The van der Waals surface area contributed by atoms with E-state index in [4.69, 9.17) is 0 Å². The van der Waals surface area contributed by atoms with Gasteiger partial charge < -0.3 is 5.32 Å². The molecule has 0 heterocycles. The van der Waals surface area contributed by atoms with Gasteiger partial charge in [0.25, 0.3) is 0 Å². The van der Waals surface area contributed by atoms with Gasteiger partial charge in [-0.3, -0.25) is 0 Å². The first-order chi connectivity index (χ1) is 8.22. The minimum absolute atomic E-state index is 0.595. The number of hydrogen-bond acceptors (Lipinski definition) is 1. The van der Waals surface area contributed by atoms with Crippen molar-refractivity contribution in [2.75, 3.05) is 6.54 Å². The molecule has 0 aromatic heterocycles. The largest absolute Gasteiger partial charge is 0.313 e. The fourth-order valence-corrected chi connectivity index (χ4v) is 2.29. The van der Waals surface area contributed by atoms with E-state index in [1.807, 2.05) is 0 Å². The van der Waals surface area contributed by atoms with Gasteiger partial charge in [0.05, 0.1) is 0 Å². The molecule has 0 saturated carbocycles. The third-order valence-corrected chi connectivity index (χ3v) is 3.61. The molecular formula is C16H27N. The van der Waals surface area contributed by atoms with Gasteiger partial charge >= 0.3 is 0 Å². The Morgan fingerprint density at radius 3 is 2.18 bits per heavy atom. The van der Waals surface area contributed by atoms with Crippen LogP contribution in [0.3, 0.4) is 0 Å². The third kappa shape index (κ3) is 4.16. The fourth-order valence-electron chi connectivity index (χ4n) is 2.29. The topological polar surface area (TPSA) is 12.0 Å². The lowest BCUT2D eigenvalue weighted by molar-refractivity contribution is 0.438. The molecule has 0 aliphatic rings. The zero-order valence-electron chi connectivity index (χ0n) is 11.8. The second-order valence-corrected chi connectivity index (χ2v) is 4.85. The van der Waals surface area contributed by atoms with Crippen molar-refractivity contribution in [1.82, 2.24) is 5.32 Å². The Balaban J connectivity index is 2.67. The summed E-state index contributed by atoms with van der Waals surface area (Å²) in [7, 11) is 0. The first-order valence-corrected chi connectivity index (χ1v) is 7.05. The van der Waals surface area contributed by atoms with Crippen LogP contribution in [0.15, 0.2) is 24.3 Å². The molecule has 0 amide bonds. The Bertz CT molecular complexity index is 302. The molecule has 17 heavy (non-hydrogen) atoms. The smallest absolute Gasteiger partial charge is 0.0130 e. The van der Waals surface area contributed by atoms with E-state index in [9.17, 15) is 0 Å². The van der Waals surface area contributed by atoms with E-state index in [-0.39, 0.29) is 0 Å². The molecule has 0 aliphatic heterocycles. The lowest BCUT2D eigenvalue weighted by Gasteiger charge is -2.24. The lowest BCUT2D eigenvalue weighted by Crippen LogP contribution is -2.33. The monoisotopic (exact) mass is 233 g/mol. The molecule has 1 aromatic carbocycles. The molecule has 0 aliphatic carbocycles. The number of aryl methyl sites for hydroxylation is 1. The molecule has 0 bridgehead atoms. The maximum atomic E-state index is 3.65. The molecule has 0 radical (unpaired) electrons. The number of hydrogen-bond donors (Lipinski definition) is 1. The molecule has 1 aromatic rings. The van der Waals surface area contributed by atoms with Crippen molar-refractivity contribution >= 4 is 0 Å². The Labute approximate surface area is 107 Å². The number of benzene rings is 1. The van der Waals surface area contributed by atoms with Crippen LogP contribution in [0, 0.1) is 0 Å². The first-order valence-electron chi connectivity index (χ1n) is 7.05. The van der Waals surface area contributed by atoms with E-state index in [0.717, 1.165) is 13.0 Å². The highest BCUT2D eigenvalue weighted by Gasteiger charge is 2.15. The zero-order valence-corrected chi connectivity index (χ0v) is 11.8. The first kappa shape index (κ1) is 14.2. The van der Waals surface area contributed by atoms with E-state index < -0.39 is 0 Å². The van der Waals surface area contributed by atoms with Crippen molar-refractivity contribution in [1.29, 1.82) is 0 Å². The Morgan fingerprint density at radius 1 is 1.06 bits per heavy atom. The summed E-state index contributed by atoms with van der Waals surface area (Å²) in [6, 6.07) is 9.71. The summed E-state index contributed by atoms with van der Waals surface area (Å²) in [4.78, 5) is 0. The van der Waals surface area contributed by atoms with Crippen LogP contribution < -0.4 is 5.32 Å². The Kier molecular flexibility index (Phi) is 6.28. The SMILES string of the molecule is CCCNC(CC)C(C)c1ccc(CC)cc1. The molecule has 0 fully saturated rings. The summed E-state index contributed by atoms with van der Waals surface area (Å²) >= 11 is 0. The predicted octanol–water partition coefficient (Wildman–Crippen LogP) is 4.13. The van der Waals surface area contributed by atoms with Gasteiger partial charge in [0.2, 0.25) is 0 Å². The van der Waals surface area contributed by atoms with Gasteiger partial charge in [-0.05, 0) is 42.9 Å². The van der Waals surface area contributed by atoms with Crippen LogP contribution in [0.2, 0.25) is 0 Å². The van der Waals surface area contributed by atoms with Gasteiger partial charge in [-0.1, -0.05) is 52.0 Å². The minimum atomic E-state index is 0.595. The highest BCUT2D eigenvalue weighted by atomic mass is 14.9. The van der Waals surface area contributed by atoms with Crippen LogP contribution in [0.5, 0.6) is 0 Å². The van der Waals surface area contributed by atoms with Crippen molar-refractivity contribution in [3.05, 3.63) is 35.4 Å². The Morgan fingerprint density at radius 2 is 1.71 bits per heavy atom. The highest BCUT2D eigenvalue weighted by molar-refractivity contribution is 5.26. The maximum absolute atomic E-state index is 3.65. The van der Waals surface area contributed by atoms with Crippen molar-refractivity contribution in [3.63, 3.8) is 0 Å². The second-order valence-electron chi connectivity index (χ2n) is 4.85. The minimum Gasteiger partial charge on any atom is -0.313 e. The summed E-state index contributed by atoms with van der Waals surface area (Å²) in [5, 5.41) is 3.65. The molecule has 2 atom stereocenters. The van der Waals surface area contributed by atoms with Crippen LogP contribution in [0.4, 0.5) is 0 Å². The highest BCUT2D eigenvalue weighted by Crippen LogP contribution is 2.21. The fraction of sp³-hybridized carbons (Fsp3) is 0.625. The summed E-state index contributed by atoms with van der Waals surface area (Å²) in [5.74, 6) is 0.595. The molecule has 1 N–H and O–H groups in total. The van der Waals surface area contributed by atoms with Gasteiger partial charge in [-0.25, -0.2) is 0 Å². The van der Waals surface area contributed by atoms with Gasteiger partial charge in [-0.15, -0.1) is 0 Å². The zero-order chi connectivity index (χ0) is 12.7. The number of rotatable bonds is 7. The van der Waals surface area contributed by atoms with Crippen LogP contribution >= 0.6 is 0 Å². The molecule has 0 spiro atoms. The van der Waals surface area contributed by atoms with Crippen LogP contribution in [0.1, 0.15) is 57.6 Å². The molecule has 1 rings (SSSR count). The molecule has 0 saturated heterocycles. The second kappa shape index (κ2) is 7.50. The standard InChI is InChI=1S/C16H27N/c1-5-12-17-16(7-3)13(4)15-10-8-14(6-2)9-11-15/h8-11,13,16-17H,5-7,12H2,1-4H3. The average molecular weight is 233 g/mol. The molecule has 2 unspecified atom stereocenters. The van der Waals surface area contributed by atoms with Crippen molar-refractivity contribution in [2.24, 2.45) is 0 Å². The lowest BCUT2D eigenvalue weighted by atomic mass is 9.91. The van der Waals surface area contributed by atoms with E-state index in [1.165, 1.54) is 24.0 Å². The third-order valence-electron chi connectivity index (χ3n) is 3.61.